The second-order valence-corrected chi connectivity index (χ2v) is 6.64. The Morgan fingerprint density at radius 3 is 2.37 bits per heavy atom. The van der Waals surface area contributed by atoms with Crippen LogP contribution in [-0.4, -0.2) is 19.3 Å². The summed E-state index contributed by atoms with van der Waals surface area (Å²) in [4.78, 5) is 0.205. The summed E-state index contributed by atoms with van der Waals surface area (Å²) in [5.74, 6) is -0.364. The number of rotatable bonds is 4. The van der Waals surface area contributed by atoms with Crippen LogP contribution in [0.5, 0.6) is 0 Å². The maximum absolute atomic E-state index is 12.1. The predicted octanol–water partition coefficient (Wildman–Crippen LogP) is 2.85. The molecule has 0 aliphatic carbocycles. The fourth-order valence-electron chi connectivity index (χ4n) is 1.74. The topological polar surface area (TPSA) is 54.4 Å². The van der Waals surface area contributed by atoms with E-state index in [1.54, 1.807) is 42.5 Å². The molecule has 0 saturated carbocycles. The quantitative estimate of drug-likeness (QED) is 0.944. The molecule has 19 heavy (non-hydrogen) atoms. The average Bonchev–Trinajstić information content (AvgIpc) is 2.39. The van der Waals surface area contributed by atoms with Crippen LogP contribution in [-0.2, 0) is 9.84 Å². The minimum atomic E-state index is -3.51. The molecule has 0 spiro atoms. The number of halogens is 1. The van der Waals surface area contributed by atoms with E-state index in [2.05, 4.69) is 0 Å². The van der Waals surface area contributed by atoms with Gasteiger partial charge in [-0.05, 0) is 29.8 Å². The van der Waals surface area contributed by atoms with Gasteiger partial charge in [-0.15, -0.1) is 0 Å². The van der Waals surface area contributed by atoms with Gasteiger partial charge < -0.3 is 5.11 Å². The highest BCUT2D eigenvalue weighted by Gasteiger charge is 2.20. The molecule has 0 bridgehead atoms. The molecule has 0 aliphatic heterocycles. The molecular weight excluding hydrogens is 284 g/mol. The molecule has 0 aromatic heterocycles. The number of benzene rings is 2. The van der Waals surface area contributed by atoms with Crippen molar-refractivity contribution < 1.29 is 13.5 Å². The van der Waals surface area contributed by atoms with Crippen LogP contribution in [0.4, 0.5) is 0 Å². The summed E-state index contributed by atoms with van der Waals surface area (Å²) < 4.78 is 24.2. The van der Waals surface area contributed by atoms with Crippen LogP contribution in [0.25, 0.3) is 0 Å². The molecule has 0 aliphatic rings. The lowest BCUT2D eigenvalue weighted by atomic mass is 10.1. The Bertz CT molecular complexity index is 653. The highest BCUT2D eigenvalue weighted by atomic mass is 35.5. The van der Waals surface area contributed by atoms with Gasteiger partial charge in [0, 0.05) is 5.02 Å². The SMILES string of the molecule is O=S(=O)(CC(O)c1cccc(Cl)c1)c1ccccc1. The number of aliphatic hydroxyl groups is 1. The lowest BCUT2D eigenvalue weighted by Crippen LogP contribution is -2.14. The van der Waals surface area contributed by atoms with Crippen molar-refractivity contribution in [1.29, 1.82) is 0 Å². The molecule has 100 valence electrons. The third-order valence-electron chi connectivity index (χ3n) is 2.71. The molecule has 0 heterocycles. The third kappa shape index (κ3) is 3.56. The van der Waals surface area contributed by atoms with E-state index in [-0.39, 0.29) is 10.6 Å². The largest absolute Gasteiger partial charge is 0.387 e. The van der Waals surface area contributed by atoms with Gasteiger partial charge in [-0.25, -0.2) is 8.42 Å². The van der Waals surface area contributed by atoms with E-state index in [4.69, 9.17) is 11.6 Å². The maximum atomic E-state index is 12.1. The van der Waals surface area contributed by atoms with Gasteiger partial charge in [-0.2, -0.15) is 0 Å². The molecule has 3 nitrogen and oxygen atoms in total. The molecule has 0 radical (unpaired) electrons. The molecular formula is C14H13ClO3S. The molecule has 1 N–H and O–H groups in total. The molecule has 0 fully saturated rings. The Hall–Kier alpha value is -1.36. The maximum Gasteiger partial charge on any atom is 0.181 e. The van der Waals surface area contributed by atoms with Gasteiger partial charge in [0.2, 0.25) is 0 Å². The van der Waals surface area contributed by atoms with Crippen molar-refractivity contribution in [3.63, 3.8) is 0 Å². The minimum Gasteiger partial charge on any atom is -0.387 e. The molecule has 5 heteroatoms. The number of aliphatic hydroxyl groups excluding tert-OH is 1. The second-order valence-electron chi connectivity index (χ2n) is 4.17. The van der Waals surface area contributed by atoms with Crippen molar-refractivity contribution >= 4 is 21.4 Å². The summed E-state index contributed by atoms with van der Waals surface area (Å²) >= 11 is 5.82. The van der Waals surface area contributed by atoms with E-state index < -0.39 is 15.9 Å². The third-order valence-corrected chi connectivity index (χ3v) is 4.69. The van der Waals surface area contributed by atoms with Crippen LogP contribution >= 0.6 is 11.6 Å². The van der Waals surface area contributed by atoms with Crippen molar-refractivity contribution in [3.05, 3.63) is 65.2 Å². The van der Waals surface area contributed by atoms with Gasteiger partial charge in [0.05, 0.1) is 16.8 Å². The minimum absolute atomic E-state index is 0.205. The zero-order chi connectivity index (χ0) is 13.9. The van der Waals surface area contributed by atoms with Crippen LogP contribution in [0.15, 0.2) is 59.5 Å². The Balaban J connectivity index is 2.22. The zero-order valence-electron chi connectivity index (χ0n) is 10.0. The summed E-state index contributed by atoms with van der Waals surface area (Å²) in [6, 6.07) is 14.6. The van der Waals surface area contributed by atoms with Crippen molar-refractivity contribution in [2.24, 2.45) is 0 Å². The Kier molecular flexibility index (Phi) is 4.24. The average molecular weight is 297 g/mol. The Morgan fingerprint density at radius 1 is 1.05 bits per heavy atom. The molecule has 0 saturated heterocycles. The van der Waals surface area contributed by atoms with Crippen molar-refractivity contribution in [2.45, 2.75) is 11.0 Å². The first kappa shape index (κ1) is 14.1. The van der Waals surface area contributed by atoms with E-state index in [0.717, 1.165) is 0 Å². The highest BCUT2D eigenvalue weighted by Crippen LogP contribution is 2.22. The predicted molar refractivity (Wildman–Crippen MR) is 74.9 cm³/mol. The van der Waals surface area contributed by atoms with E-state index >= 15 is 0 Å². The van der Waals surface area contributed by atoms with Crippen molar-refractivity contribution in [1.82, 2.24) is 0 Å². The van der Waals surface area contributed by atoms with Crippen LogP contribution in [0.3, 0.4) is 0 Å². The second kappa shape index (κ2) is 5.74. The van der Waals surface area contributed by atoms with Crippen LogP contribution in [0.1, 0.15) is 11.7 Å². The molecule has 0 amide bonds. The normalized spacial score (nSPS) is 13.2. The smallest absolute Gasteiger partial charge is 0.181 e. The molecule has 1 atom stereocenters. The van der Waals surface area contributed by atoms with Crippen molar-refractivity contribution in [3.8, 4) is 0 Å². The van der Waals surface area contributed by atoms with Crippen LogP contribution in [0.2, 0.25) is 5.02 Å². The summed E-state index contributed by atoms with van der Waals surface area (Å²) in [5, 5.41) is 10.5. The summed E-state index contributed by atoms with van der Waals surface area (Å²) in [6.07, 6.45) is -1.09. The number of hydrogen-bond donors (Lipinski definition) is 1. The van der Waals surface area contributed by atoms with Gasteiger partial charge in [0.15, 0.2) is 9.84 Å². The first-order chi connectivity index (χ1) is 8.99. The van der Waals surface area contributed by atoms with Gasteiger partial charge in [0.25, 0.3) is 0 Å². The lowest BCUT2D eigenvalue weighted by Gasteiger charge is -2.12. The van der Waals surface area contributed by atoms with Gasteiger partial charge in [-0.3, -0.25) is 0 Å². The van der Waals surface area contributed by atoms with Crippen LogP contribution in [0, 0.1) is 0 Å². The fraction of sp³-hybridized carbons (Fsp3) is 0.143. The molecule has 1 unspecified atom stereocenters. The molecule has 2 aromatic carbocycles. The summed E-state index contributed by atoms with van der Waals surface area (Å²) in [7, 11) is -3.51. The van der Waals surface area contributed by atoms with Gasteiger partial charge in [0.1, 0.15) is 0 Å². The van der Waals surface area contributed by atoms with Crippen LogP contribution < -0.4 is 0 Å². The Labute approximate surface area is 117 Å². The Morgan fingerprint density at radius 2 is 1.74 bits per heavy atom. The monoisotopic (exact) mass is 296 g/mol. The van der Waals surface area contributed by atoms with E-state index in [1.807, 2.05) is 0 Å². The fourth-order valence-corrected chi connectivity index (χ4v) is 3.31. The van der Waals surface area contributed by atoms with Gasteiger partial charge in [-0.1, -0.05) is 41.9 Å². The first-order valence-electron chi connectivity index (χ1n) is 5.70. The van der Waals surface area contributed by atoms with Crippen molar-refractivity contribution in [2.75, 3.05) is 5.75 Å². The van der Waals surface area contributed by atoms with Gasteiger partial charge >= 0.3 is 0 Å². The molecule has 2 rings (SSSR count). The molecule has 2 aromatic rings. The van der Waals surface area contributed by atoms with E-state index in [0.29, 0.717) is 10.6 Å². The number of sulfone groups is 1. The zero-order valence-corrected chi connectivity index (χ0v) is 11.6. The lowest BCUT2D eigenvalue weighted by molar-refractivity contribution is 0.201. The number of hydrogen-bond acceptors (Lipinski definition) is 3. The standard InChI is InChI=1S/C14H13ClO3S/c15-12-6-4-5-11(9-12)14(16)10-19(17,18)13-7-2-1-3-8-13/h1-9,14,16H,10H2. The van der Waals surface area contributed by atoms with E-state index in [1.165, 1.54) is 12.1 Å². The highest BCUT2D eigenvalue weighted by molar-refractivity contribution is 7.91. The summed E-state index contributed by atoms with van der Waals surface area (Å²) in [5.41, 5.74) is 0.493. The van der Waals surface area contributed by atoms with E-state index in [9.17, 15) is 13.5 Å². The summed E-state index contributed by atoms with van der Waals surface area (Å²) in [6.45, 7) is 0. The first-order valence-corrected chi connectivity index (χ1v) is 7.73.